The molecule has 33 heavy (non-hydrogen) atoms. The van der Waals surface area contributed by atoms with E-state index in [-0.39, 0.29) is 11.6 Å². The molecule has 1 aliphatic rings. The summed E-state index contributed by atoms with van der Waals surface area (Å²) in [7, 11) is 1.56. The molecule has 0 aliphatic carbocycles. The number of carbonyl (C=O) groups is 1. The van der Waals surface area contributed by atoms with Crippen LogP contribution in [0.15, 0.2) is 69.8 Å². The maximum atomic E-state index is 12.4. The van der Waals surface area contributed by atoms with Gasteiger partial charge in [-0.2, -0.15) is 0 Å². The quantitative estimate of drug-likeness (QED) is 0.247. The number of aliphatic imine (C=N–C) groups is 1. The first-order valence-electron chi connectivity index (χ1n) is 9.88. The minimum absolute atomic E-state index is 0.151. The van der Waals surface area contributed by atoms with Gasteiger partial charge >= 0.3 is 5.97 Å². The predicted octanol–water partition coefficient (Wildman–Crippen LogP) is 7.00. The van der Waals surface area contributed by atoms with Gasteiger partial charge in [0.25, 0.3) is 0 Å². The van der Waals surface area contributed by atoms with Crippen molar-refractivity contribution in [1.29, 1.82) is 0 Å². The van der Waals surface area contributed by atoms with Crippen LogP contribution in [0.1, 0.15) is 22.3 Å². The van der Waals surface area contributed by atoms with Crippen molar-refractivity contribution >= 4 is 57.1 Å². The first-order valence-corrected chi connectivity index (χ1v) is 11.4. The molecule has 3 aromatic rings. The molecule has 0 bridgehead atoms. The van der Waals surface area contributed by atoms with Crippen LogP contribution in [0.3, 0.4) is 0 Å². The fraction of sp³-hybridized carbons (Fsp3) is 0.120. The average molecular weight is 547 g/mol. The third-order valence-electron chi connectivity index (χ3n) is 4.81. The van der Waals surface area contributed by atoms with E-state index in [2.05, 4.69) is 27.0 Å². The number of aryl methyl sites for hydroxylation is 1. The number of carbonyl (C=O) groups excluding carboxylic acids is 1. The molecule has 3 aromatic carbocycles. The van der Waals surface area contributed by atoms with Gasteiger partial charge in [-0.3, -0.25) is 0 Å². The maximum Gasteiger partial charge on any atom is 0.363 e. The SMILES string of the molecule is COc1cc(/C=C2\N=C(c3ccc(Cl)c(Cl)c3)OC2=O)cc(Br)c1OCc1cccc(C)c1. The van der Waals surface area contributed by atoms with Crippen LogP contribution in [0, 0.1) is 6.92 Å². The van der Waals surface area contributed by atoms with E-state index in [0.717, 1.165) is 11.1 Å². The van der Waals surface area contributed by atoms with Gasteiger partial charge in [0, 0.05) is 5.56 Å². The topological polar surface area (TPSA) is 57.1 Å². The lowest BCUT2D eigenvalue weighted by molar-refractivity contribution is -0.129. The number of hydrogen-bond donors (Lipinski definition) is 0. The van der Waals surface area contributed by atoms with Crippen molar-refractivity contribution in [3.05, 3.63) is 97.1 Å². The highest BCUT2D eigenvalue weighted by Gasteiger charge is 2.25. The molecule has 0 atom stereocenters. The molecular formula is C25H18BrCl2NO4. The van der Waals surface area contributed by atoms with Gasteiger partial charge in [0.05, 0.1) is 21.6 Å². The molecule has 0 aromatic heterocycles. The third kappa shape index (κ3) is 5.41. The molecule has 0 spiro atoms. The summed E-state index contributed by atoms with van der Waals surface area (Å²) in [5.41, 5.74) is 3.60. The standard InChI is InChI=1S/C25H18BrCl2NO4/c1-14-4-3-5-15(8-14)13-32-23-18(26)9-16(11-22(23)31-2)10-21-25(30)33-24(29-21)17-6-7-19(27)20(28)12-17/h3-12H,13H2,1-2H3/b21-10-. The number of methoxy groups -OCH3 is 1. The molecule has 1 heterocycles. The minimum Gasteiger partial charge on any atom is -0.493 e. The lowest BCUT2D eigenvalue weighted by Gasteiger charge is -2.14. The van der Waals surface area contributed by atoms with Gasteiger partial charge < -0.3 is 14.2 Å². The smallest absolute Gasteiger partial charge is 0.363 e. The predicted molar refractivity (Wildman–Crippen MR) is 133 cm³/mol. The Morgan fingerprint density at radius 2 is 1.91 bits per heavy atom. The van der Waals surface area contributed by atoms with Gasteiger partial charge in [0.15, 0.2) is 17.2 Å². The van der Waals surface area contributed by atoms with Crippen molar-refractivity contribution < 1.29 is 19.0 Å². The molecule has 0 radical (unpaired) electrons. The maximum absolute atomic E-state index is 12.4. The van der Waals surface area contributed by atoms with Crippen molar-refractivity contribution in [2.45, 2.75) is 13.5 Å². The summed E-state index contributed by atoms with van der Waals surface area (Å²) in [6.07, 6.45) is 1.62. The Hall–Kier alpha value is -2.80. The van der Waals surface area contributed by atoms with Crippen LogP contribution in [-0.2, 0) is 16.1 Å². The van der Waals surface area contributed by atoms with Gasteiger partial charge in [-0.25, -0.2) is 9.79 Å². The summed E-state index contributed by atoms with van der Waals surface area (Å²) >= 11 is 15.6. The lowest BCUT2D eigenvalue weighted by atomic mass is 10.1. The monoisotopic (exact) mass is 545 g/mol. The first-order chi connectivity index (χ1) is 15.8. The summed E-state index contributed by atoms with van der Waals surface area (Å²) in [4.78, 5) is 16.7. The Morgan fingerprint density at radius 1 is 1.09 bits per heavy atom. The van der Waals surface area contributed by atoms with E-state index in [1.165, 1.54) is 0 Å². The van der Waals surface area contributed by atoms with E-state index >= 15 is 0 Å². The molecule has 0 saturated heterocycles. The largest absolute Gasteiger partial charge is 0.493 e. The van der Waals surface area contributed by atoms with Gasteiger partial charge in [-0.1, -0.05) is 53.0 Å². The Morgan fingerprint density at radius 3 is 2.64 bits per heavy atom. The average Bonchev–Trinajstić information content (AvgIpc) is 3.14. The molecule has 0 fully saturated rings. The highest BCUT2D eigenvalue weighted by molar-refractivity contribution is 9.10. The fourth-order valence-electron chi connectivity index (χ4n) is 3.24. The Balaban J connectivity index is 1.59. The molecule has 0 saturated carbocycles. The summed E-state index contributed by atoms with van der Waals surface area (Å²) < 4.78 is 17.5. The zero-order valence-electron chi connectivity index (χ0n) is 17.7. The van der Waals surface area contributed by atoms with Gasteiger partial charge in [0.2, 0.25) is 5.90 Å². The number of hydrogen-bond acceptors (Lipinski definition) is 5. The highest BCUT2D eigenvalue weighted by atomic mass is 79.9. The first kappa shape index (κ1) is 23.4. The van der Waals surface area contributed by atoms with Crippen molar-refractivity contribution in [1.82, 2.24) is 0 Å². The minimum atomic E-state index is -0.564. The molecule has 5 nitrogen and oxygen atoms in total. The molecular weight excluding hydrogens is 529 g/mol. The van der Waals surface area contributed by atoms with Crippen molar-refractivity contribution in [3.63, 3.8) is 0 Å². The van der Waals surface area contributed by atoms with Gasteiger partial charge in [0.1, 0.15) is 6.61 Å². The number of ether oxygens (including phenoxy) is 3. The molecule has 0 unspecified atom stereocenters. The van der Waals surface area contributed by atoms with Gasteiger partial charge in [-0.05, 0) is 70.4 Å². The molecule has 8 heteroatoms. The number of esters is 1. The summed E-state index contributed by atoms with van der Waals surface area (Å²) in [5, 5.41) is 0.753. The van der Waals surface area contributed by atoms with E-state index < -0.39 is 5.97 Å². The zero-order chi connectivity index (χ0) is 23.5. The van der Waals surface area contributed by atoms with Crippen LogP contribution in [-0.4, -0.2) is 19.0 Å². The van der Waals surface area contributed by atoms with Crippen LogP contribution in [0.4, 0.5) is 0 Å². The number of rotatable bonds is 6. The second-order valence-electron chi connectivity index (χ2n) is 7.28. The van der Waals surface area contributed by atoms with Crippen molar-refractivity contribution in [2.24, 2.45) is 4.99 Å². The Labute approximate surface area is 209 Å². The fourth-order valence-corrected chi connectivity index (χ4v) is 4.11. The molecule has 168 valence electrons. The summed E-state index contributed by atoms with van der Waals surface area (Å²) in [6, 6.07) is 16.6. The normalized spacial score (nSPS) is 14.3. The van der Waals surface area contributed by atoms with E-state index in [0.29, 0.717) is 43.8 Å². The molecule has 1 aliphatic heterocycles. The summed E-state index contributed by atoms with van der Waals surface area (Å²) in [5.74, 6) is 0.680. The van der Waals surface area contributed by atoms with Crippen LogP contribution < -0.4 is 9.47 Å². The molecule has 0 N–H and O–H groups in total. The van der Waals surface area contributed by atoms with Crippen molar-refractivity contribution in [3.8, 4) is 11.5 Å². The molecule has 4 rings (SSSR count). The summed E-state index contributed by atoms with van der Waals surface area (Å²) in [6.45, 7) is 2.42. The van der Waals surface area contributed by atoms with Crippen LogP contribution in [0.5, 0.6) is 11.5 Å². The molecule has 0 amide bonds. The van der Waals surface area contributed by atoms with E-state index in [9.17, 15) is 4.79 Å². The van der Waals surface area contributed by atoms with E-state index in [4.69, 9.17) is 37.4 Å². The lowest BCUT2D eigenvalue weighted by Crippen LogP contribution is -2.05. The zero-order valence-corrected chi connectivity index (χ0v) is 20.8. The number of benzene rings is 3. The second kappa shape index (κ2) is 10.00. The number of cyclic esters (lactones) is 1. The number of nitrogens with zero attached hydrogens (tertiary/aromatic N) is 1. The highest BCUT2D eigenvalue weighted by Crippen LogP contribution is 2.38. The Kier molecular flexibility index (Phi) is 7.08. The van der Waals surface area contributed by atoms with Crippen LogP contribution >= 0.6 is 39.1 Å². The van der Waals surface area contributed by atoms with Crippen LogP contribution in [0.25, 0.3) is 6.08 Å². The number of halogens is 3. The third-order valence-corrected chi connectivity index (χ3v) is 6.14. The van der Waals surface area contributed by atoms with E-state index in [1.54, 1.807) is 37.5 Å². The Bertz CT molecular complexity index is 1300. The van der Waals surface area contributed by atoms with E-state index in [1.807, 2.05) is 31.2 Å². The second-order valence-corrected chi connectivity index (χ2v) is 8.95. The van der Waals surface area contributed by atoms with Crippen molar-refractivity contribution in [2.75, 3.05) is 7.11 Å². The van der Waals surface area contributed by atoms with Crippen LogP contribution in [0.2, 0.25) is 10.0 Å². The van der Waals surface area contributed by atoms with Gasteiger partial charge in [-0.15, -0.1) is 0 Å².